The van der Waals surface area contributed by atoms with Gasteiger partial charge in [0.05, 0.1) is 22.3 Å². The molecule has 148 valence electrons. The van der Waals surface area contributed by atoms with Crippen molar-refractivity contribution >= 4 is 31.6 Å². The summed E-state index contributed by atoms with van der Waals surface area (Å²) in [7, 11) is -4.98. The van der Waals surface area contributed by atoms with E-state index in [-0.39, 0.29) is 27.2 Å². The highest BCUT2D eigenvalue weighted by molar-refractivity contribution is 9.10. The Bertz CT molecular complexity index is 934. The van der Waals surface area contributed by atoms with Crippen molar-refractivity contribution in [3.8, 4) is 11.5 Å². The van der Waals surface area contributed by atoms with E-state index in [9.17, 15) is 35.5 Å². The normalized spacial score (nSPS) is 12.3. The second kappa shape index (κ2) is 7.98. The second-order valence-corrected chi connectivity index (χ2v) is 7.54. The molecule has 0 aromatic heterocycles. The number of alkyl halides is 5. The molecular formula is C15H11BrF5NO4S. The van der Waals surface area contributed by atoms with Crippen LogP contribution in [0, 0.1) is 0 Å². The molecule has 0 spiro atoms. The molecule has 0 aliphatic carbocycles. The van der Waals surface area contributed by atoms with Crippen molar-refractivity contribution in [2.75, 3.05) is 4.72 Å². The van der Waals surface area contributed by atoms with Crippen molar-refractivity contribution < 1.29 is 40.2 Å². The molecule has 0 aliphatic rings. The van der Waals surface area contributed by atoms with E-state index in [4.69, 9.17) is 4.74 Å². The van der Waals surface area contributed by atoms with E-state index < -0.39 is 34.1 Å². The summed E-state index contributed by atoms with van der Waals surface area (Å²) in [6.07, 6.45) is -4.58. The Morgan fingerprint density at radius 1 is 1.19 bits per heavy atom. The number of ether oxygens (including phenoxy) is 1. The zero-order valence-corrected chi connectivity index (χ0v) is 15.5. The third-order valence-electron chi connectivity index (χ3n) is 3.24. The number of aliphatic hydroxyl groups excluding tert-OH is 1. The van der Waals surface area contributed by atoms with Crippen LogP contribution in [0.4, 0.5) is 27.6 Å². The van der Waals surface area contributed by atoms with Gasteiger partial charge in [-0.15, -0.1) is 0 Å². The van der Waals surface area contributed by atoms with Crippen molar-refractivity contribution in [1.29, 1.82) is 0 Å². The number of nitrogens with one attached hydrogen (secondary N) is 1. The Kier molecular flexibility index (Phi) is 6.32. The van der Waals surface area contributed by atoms with Crippen LogP contribution in [-0.4, -0.2) is 19.3 Å². The number of rotatable bonds is 6. The van der Waals surface area contributed by atoms with Crippen molar-refractivity contribution in [1.82, 2.24) is 0 Å². The van der Waals surface area contributed by atoms with Gasteiger partial charge in [0.25, 0.3) is 10.0 Å². The molecule has 0 radical (unpaired) electrons. The molecule has 2 rings (SSSR count). The van der Waals surface area contributed by atoms with E-state index in [1.54, 1.807) is 4.72 Å². The van der Waals surface area contributed by atoms with Gasteiger partial charge in [0.15, 0.2) is 0 Å². The maximum absolute atomic E-state index is 12.8. The van der Waals surface area contributed by atoms with Crippen LogP contribution in [0.2, 0.25) is 0 Å². The maximum Gasteiger partial charge on any atom is 0.416 e. The minimum Gasteiger partial charge on any atom is -0.456 e. The summed E-state index contributed by atoms with van der Waals surface area (Å²) < 4.78 is 92.8. The van der Waals surface area contributed by atoms with E-state index in [0.717, 1.165) is 30.3 Å². The smallest absolute Gasteiger partial charge is 0.416 e. The number of benzene rings is 2. The highest BCUT2D eigenvalue weighted by Gasteiger charge is 2.31. The van der Waals surface area contributed by atoms with E-state index in [1.807, 2.05) is 0 Å². The van der Waals surface area contributed by atoms with E-state index in [1.165, 1.54) is 6.07 Å². The van der Waals surface area contributed by atoms with Crippen LogP contribution in [0.15, 0.2) is 40.9 Å². The van der Waals surface area contributed by atoms with Crippen LogP contribution in [0.25, 0.3) is 0 Å². The molecule has 0 unspecified atom stereocenters. The van der Waals surface area contributed by atoms with Crippen LogP contribution in [0.3, 0.4) is 0 Å². The van der Waals surface area contributed by atoms with Crippen molar-refractivity contribution in [3.05, 3.63) is 52.0 Å². The summed E-state index contributed by atoms with van der Waals surface area (Å²) in [5.41, 5.74) is -1.41. The van der Waals surface area contributed by atoms with E-state index in [0.29, 0.717) is 0 Å². The van der Waals surface area contributed by atoms with Crippen LogP contribution < -0.4 is 9.46 Å². The van der Waals surface area contributed by atoms with E-state index in [2.05, 4.69) is 15.9 Å². The van der Waals surface area contributed by atoms with Crippen molar-refractivity contribution in [2.45, 2.75) is 18.5 Å². The number of hydrogen-bond donors (Lipinski definition) is 2. The van der Waals surface area contributed by atoms with Gasteiger partial charge in [-0.1, -0.05) is 6.07 Å². The molecule has 0 bridgehead atoms. The lowest BCUT2D eigenvalue weighted by Crippen LogP contribution is -2.21. The number of halogens is 6. The van der Waals surface area contributed by atoms with Gasteiger partial charge in [-0.05, 0) is 46.3 Å². The third kappa shape index (κ3) is 5.08. The summed E-state index contributed by atoms with van der Waals surface area (Å²) >= 11 is 3.02. The predicted octanol–water partition coefficient (Wildman–Crippen LogP) is 4.72. The second-order valence-electron chi connectivity index (χ2n) is 5.10. The zero-order chi connectivity index (χ0) is 20.4. The van der Waals surface area contributed by atoms with Gasteiger partial charge in [0, 0.05) is 5.56 Å². The van der Waals surface area contributed by atoms with Gasteiger partial charge in [0.1, 0.15) is 11.5 Å². The van der Waals surface area contributed by atoms with Crippen LogP contribution in [0.1, 0.15) is 11.1 Å². The fourth-order valence-electron chi connectivity index (χ4n) is 1.99. The number of anilines is 1. The summed E-state index contributed by atoms with van der Waals surface area (Å²) in [5, 5.41) is 9.42. The Morgan fingerprint density at radius 2 is 1.85 bits per heavy atom. The van der Waals surface area contributed by atoms with Crippen LogP contribution in [0.5, 0.6) is 11.5 Å². The fraction of sp³-hybridized carbons (Fsp3) is 0.200. The largest absolute Gasteiger partial charge is 0.456 e. The molecule has 12 heteroatoms. The van der Waals surface area contributed by atoms with Crippen LogP contribution >= 0.6 is 15.9 Å². The summed E-state index contributed by atoms with van der Waals surface area (Å²) in [6.45, 7) is -0.762. The van der Waals surface area contributed by atoms with Gasteiger partial charge in [0.2, 0.25) is 0 Å². The minimum atomic E-state index is -4.98. The van der Waals surface area contributed by atoms with Crippen LogP contribution in [-0.2, 0) is 22.8 Å². The highest BCUT2D eigenvalue weighted by Crippen LogP contribution is 2.38. The molecule has 0 heterocycles. The number of hydrogen-bond acceptors (Lipinski definition) is 4. The standard InChI is InChI=1S/C15H11BrF5NO4S/c16-13-10(7-23)11(22-27(24,25)14(17)18)4-5-12(13)26-9-3-1-2-8(6-9)15(19,20)21/h1-6,14,22-23H,7H2. The van der Waals surface area contributed by atoms with E-state index >= 15 is 0 Å². The third-order valence-corrected chi connectivity index (χ3v) is 5.08. The van der Waals surface area contributed by atoms with Gasteiger partial charge in [-0.25, -0.2) is 8.42 Å². The van der Waals surface area contributed by atoms with Crippen molar-refractivity contribution in [3.63, 3.8) is 0 Å². The molecule has 0 saturated heterocycles. The molecule has 0 fully saturated rings. The molecule has 0 aliphatic heterocycles. The summed E-state index contributed by atoms with van der Waals surface area (Å²) in [4.78, 5) is 0. The molecule has 0 saturated carbocycles. The first-order chi connectivity index (χ1) is 12.5. The first-order valence-corrected chi connectivity index (χ1v) is 9.36. The Morgan fingerprint density at radius 3 is 2.41 bits per heavy atom. The lowest BCUT2D eigenvalue weighted by atomic mass is 10.2. The maximum atomic E-state index is 12.8. The summed E-state index contributed by atoms with van der Waals surface area (Å²) in [6, 6.07) is 6.17. The first-order valence-electron chi connectivity index (χ1n) is 7.03. The molecule has 2 N–H and O–H groups in total. The van der Waals surface area contributed by atoms with Gasteiger partial charge < -0.3 is 9.84 Å². The minimum absolute atomic E-state index is 0.0168. The molecule has 2 aromatic rings. The Hall–Kier alpha value is -1.92. The average molecular weight is 476 g/mol. The molecule has 0 amide bonds. The molecule has 27 heavy (non-hydrogen) atoms. The zero-order valence-electron chi connectivity index (χ0n) is 13.1. The topological polar surface area (TPSA) is 75.6 Å². The van der Waals surface area contributed by atoms with Gasteiger partial charge in [-0.2, -0.15) is 22.0 Å². The predicted molar refractivity (Wildman–Crippen MR) is 90.1 cm³/mol. The first kappa shape index (κ1) is 21.4. The lowest BCUT2D eigenvalue weighted by Gasteiger charge is -2.16. The molecule has 5 nitrogen and oxygen atoms in total. The quantitative estimate of drug-likeness (QED) is 0.592. The average Bonchev–Trinajstić information content (AvgIpc) is 2.57. The molecule has 2 aromatic carbocycles. The Balaban J connectivity index is 2.38. The molecule has 0 atom stereocenters. The number of sulfonamides is 1. The molecular weight excluding hydrogens is 465 g/mol. The lowest BCUT2D eigenvalue weighted by molar-refractivity contribution is -0.137. The monoisotopic (exact) mass is 475 g/mol. The van der Waals surface area contributed by atoms with Crippen molar-refractivity contribution in [2.24, 2.45) is 0 Å². The highest BCUT2D eigenvalue weighted by atomic mass is 79.9. The fourth-order valence-corrected chi connectivity index (χ4v) is 3.13. The SMILES string of the molecule is O=S(=O)(Nc1ccc(Oc2cccc(C(F)(F)F)c2)c(Br)c1CO)C(F)F. The Labute approximate surface area is 158 Å². The summed E-state index contributed by atoms with van der Waals surface area (Å²) in [5.74, 6) is -3.92. The van der Waals surface area contributed by atoms with Gasteiger partial charge in [-0.3, -0.25) is 4.72 Å². The van der Waals surface area contributed by atoms with Gasteiger partial charge >= 0.3 is 11.9 Å². The number of aliphatic hydroxyl groups is 1.